The minimum Gasteiger partial charge on any atom is -0.396 e. The van der Waals surface area contributed by atoms with Crippen LogP contribution in [0.4, 0.5) is 0 Å². The van der Waals surface area contributed by atoms with E-state index in [1.165, 1.54) is 0 Å². The smallest absolute Gasteiger partial charge is 0.257 e. The molecule has 7 nitrogen and oxygen atoms in total. The Morgan fingerprint density at radius 3 is 3.14 bits per heavy atom. The van der Waals surface area contributed by atoms with E-state index in [1.807, 2.05) is 18.0 Å². The number of carbonyl (C=O) groups excluding carboxylic acids is 1. The van der Waals surface area contributed by atoms with Gasteiger partial charge in [-0.2, -0.15) is 10.2 Å². The quantitative estimate of drug-likeness (QED) is 0.870. The minimum atomic E-state index is 0.0314. The Balaban J connectivity index is 1.69. The molecule has 1 aliphatic heterocycles. The Hall–Kier alpha value is -2.15. The Labute approximate surface area is 128 Å². The lowest BCUT2D eigenvalue weighted by Gasteiger charge is -2.31. The van der Waals surface area contributed by atoms with E-state index in [4.69, 9.17) is 5.11 Å². The van der Waals surface area contributed by atoms with Crippen molar-refractivity contribution >= 4 is 5.91 Å². The predicted octanol–water partition coefficient (Wildman–Crippen LogP) is 0.698. The van der Waals surface area contributed by atoms with Crippen LogP contribution in [0.15, 0.2) is 18.5 Å². The maximum atomic E-state index is 12.5. The van der Waals surface area contributed by atoms with Crippen molar-refractivity contribution in [2.24, 2.45) is 7.05 Å². The van der Waals surface area contributed by atoms with Gasteiger partial charge < -0.3 is 10.0 Å². The van der Waals surface area contributed by atoms with Gasteiger partial charge in [0.2, 0.25) is 0 Å². The molecule has 0 aliphatic carbocycles. The number of aromatic amines is 1. The molecule has 2 aromatic rings. The second-order valence-corrected chi connectivity index (χ2v) is 5.78. The van der Waals surface area contributed by atoms with Crippen molar-refractivity contribution in [3.05, 3.63) is 35.4 Å². The summed E-state index contributed by atoms with van der Waals surface area (Å²) in [6, 6.07) is 2.00. The highest BCUT2D eigenvalue weighted by Gasteiger charge is 2.27. The first-order chi connectivity index (χ1) is 10.7. The second-order valence-electron chi connectivity index (χ2n) is 5.78. The zero-order valence-corrected chi connectivity index (χ0v) is 12.7. The molecule has 0 saturated carbocycles. The molecule has 2 N–H and O–H groups in total. The summed E-state index contributed by atoms with van der Waals surface area (Å²) < 4.78 is 1.64. The topological polar surface area (TPSA) is 87.0 Å². The fourth-order valence-electron chi connectivity index (χ4n) is 2.95. The van der Waals surface area contributed by atoms with Crippen LogP contribution in [0.5, 0.6) is 0 Å². The third-order valence-corrected chi connectivity index (χ3v) is 4.11. The molecule has 3 rings (SSSR count). The molecule has 0 radical (unpaired) electrons. The van der Waals surface area contributed by atoms with Gasteiger partial charge in [0.1, 0.15) is 0 Å². The number of nitrogens with one attached hydrogen (secondary N) is 1. The summed E-state index contributed by atoms with van der Waals surface area (Å²) in [6.07, 6.45) is 5.94. The van der Waals surface area contributed by atoms with E-state index in [-0.39, 0.29) is 18.4 Å². The van der Waals surface area contributed by atoms with Crippen molar-refractivity contribution < 1.29 is 9.90 Å². The molecule has 2 aromatic heterocycles. The summed E-state index contributed by atoms with van der Waals surface area (Å²) in [5, 5.41) is 20.3. The van der Waals surface area contributed by atoms with Gasteiger partial charge in [0.15, 0.2) is 0 Å². The summed E-state index contributed by atoms with van der Waals surface area (Å²) >= 11 is 0. The third-order valence-electron chi connectivity index (χ3n) is 4.11. The lowest BCUT2D eigenvalue weighted by molar-refractivity contribution is 0.0706. The molecule has 1 amide bonds. The van der Waals surface area contributed by atoms with Gasteiger partial charge in [-0.3, -0.25) is 14.6 Å². The second kappa shape index (κ2) is 6.31. The number of aromatic nitrogens is 4. The molecule has 7 heteroatoms. The number of likely N-dealkylation sites (tertiary alicyclic amines) is 1. The van der Waals surface area contributed by atoms with E-state index in [9.17, 15) is 4.79 Å². The number of aliphatic hydroxyl groups is 1. The standard InChI is InChI=1S/C15H21N5O2/c1-19-9-12(8-16-19)15(22)20-5-2-3-11(10-20)14-7-13(4-6-21)17-18-14/h7-9,11,21H,2-6,10H2,1H3,(H,17,18). The van der Waals surface area contributed by atoms with Crippen LogP contribution < -0.4 is 0 Å². The van der Waals surface area contributed by atoms with E-state index in [0.717, 1.165) is 30.8 Å². The van der Waals surface area contributed by atoms with Crippen molar-refractivity contribution in [2.45, 2.75) is 25.2 Å². The van der Waals surface area contributed by atoms with Gasteiger partial charge in [0.05, 0.1) is 17.5 Å². The minimum absolute atomic E-state index is 0.0314. The SMILES string of the molecule is Cn1cc(C(=O)N2CCCC(c3cc(CCO)[nH]n3)C2)cn1. The number of nitrogens with zero attached hydrogens (tertiary/aromatic N) is 4. The van der Waals surface area contributed by atoms with Crippen LogP contribution in [0.2, 0.25) is 0 Å². The van der Waals surface area contributed by atoms with Gasteiger partial charge in [-0.1, -0.05) is 0 Å². The Bertz CT molecular complexity index is 648. The van der Waals surface area contributed by atoms with Crippen LogP contribution in [0, 0.1) is 0 Å². The highest BCUT2D eigenvalue weighted by Crippen LogP contribution is 2.27. The van der Waals surface area contributed by atoms with E-state index >= 15 is 0 Å². The van der Waals surface area contributed by atoms with E-state index in [1.54, 1.807) is 17.1 Å². The van der Waals surface area contributed by atoms with Crippen LogP contribution in [0.1, 0.15) is 40.5 Å². The largest absolute Gasteiger partial charge is 0.396 e. The van der Waals surface area contributed by atoms with Crippen LogP contribution >= 0.6 is 0 Å². The summed E-state index contributed by atoms with van der Waals surface area (Å²) in [7, 11) is 1.81. The van der Waals surface area contributed by atoms with E-state index in [2.05, 4.69) is 15.3 Å². The van der Waals surface area contributed by atoms with Gasteiger partial charge in [0.25, 0.3) is 5.91 Å². The van der Waals surface area contributed by atoms with Crippen LogP contribution in [-0.4, -0.2) is 55.6 Å². The molecule has 1 aliphatic rings. The van der Waals surface area contributed by atoms with Crippen molar-refractivity contribution in [2.75, 3.05) is 19.7 Å². The Kier molecular flexibility index (Phi) is 4.24. The Morgan fingerprint density at radius 2 is 2.41 bits per heavy atom. The van der Waals surface area contributed by atoms with Crippen LogP contribution in [0.3, 0.4) is 0 Å². The van der Waals surface area contributed by atoms with Gasteiger partial charge in [0, 0.05) is 51.0 Å². The summed E-state index contributed by atoms with van der Waals surface area (Å²) in [5.74, 6) is 0.280. The zero-order valence-electron chi connectivity index (χ0n) is 12.7. The molecule has 118 valence electrons. The molecule has 0 aromatic carbocycles. The maximum Gasteiger partial charge on any atom is 0.257 e. The number of rotatable bonds is 4. The first-order valence-corrected chi connectivity index (χ1v) is 7.60. The van der Waals surface area contributed by atoms with Crippen LogP contribution in [0.25, 0.3) is 0 Å². The summed E-state index contributed by atoms with van der Waals surface area (Å²) in [5.41, 5.74) is 2.55. The number of aryl methyl sites for hydroxylation is 1. The van der Waals surface area contributed by atoms with Crippen molar-refractivity contribution in [1.82, 2.24) is 24.9 Å². The lowest BCUT2D eigenvalue weighted by Crippen LogP contribution is -2.39. The number of amides is 1. The maximum absolute atomic E-state index is 12.5. The van der Waals surface area contributed by atoms with Crippen molar-refractivity contribution in [3.8, 4) is 0 Å². The number of aliphatic hydroxyl groups excluding tert-OH is 1. The van der Waals surface area contributed by atoms with Gasteiger partial charge >= 0.3 is 0 Å². The molecule has 1 saturated heterocycles. The number of piperidine rings is 1. The van der Waals surface area contributed by atoms with Crippen molar-refractivity contribution in [1.29, 1.82) is 0 Å². The fourth-order valence-corrected chi connectivity index (χ4v) is 2.95. The molecule has 1 unspecified atom stereocenters. The monoisotopic (exact) mass is 303 g/mol. The van der Waals surface area contributed by atoms with E-state index < -0.39 is 0 Å². The number of carbonyl (C=O) groups is 1. The normalized spacial score (nSPS) is 18.6. The number of hydrogen-bond donors (Lipinski definition) is 2. The van der Waals surface area contributed by atoms with Gasteiger partial charge in [-0.05, 0) is 18.9 Å². The van der Waals surface area contributed by atoms with Gasteiger partial charge in [-0.25, -0.2) is 0 Å². The predicted molar refractivity (Wildman–Crippen MR) is 80.5 cm³/mol. The van der Waals surface area contributed by atoms with Gasteiger partial charge in [-0.15, -0.1) is 0 Å². The van der Waals surface area contributed by atoms with Crippen molar-refractivity contribution in [3.63, 3.8) is 0 Å². The molecule has 0 bridgehead atoms. The number of hydrogen-bond acceptors (Lipinski definition) is 4. The Morgan fingerprint density at radius 1 is 1.55 bits per heavy atom. The molecular formula is C15H21N5O2. The van der Waals surface area contributed by atoms with E-state index in [0.29, 0.717) is 18.5 Å². The summed E-state index contributed by atoms with van der Waals surface area (Å²) in [6.45, 7) is 1.56. The molecule has 0 spiro atoms. The zero-order chi connectivity index (χ0) is 15.5. The summed E-state index contributed by atoms with van der Waals surface area (Å²) in [4.78, 5) is 14.4. The third kappa shape index (κ3) is 3.04. The van der Waals surface area contributed by atoms with Crippen LogP contribution in [-0.2, 0) is 13.5 Å². The highest BCUT2D eigenvalue weighted by atomic mass is 16.3. The average molecular weight is 303 g/mol. The highest BCUT2D eigenvalue weighted by molar-refractivity contribution is 5.93. The molecular weight excluding hydrogens is 282 g/mol. The molecule has 3 heterocycles. The average Bonchev–Trinajstić information content (AvgIpc) is 3.16. The first-order valence-electron chi connectivity index (χ1n) is 7.60. The number of H-pyrrole nitrogens is 1. The lowest BCUT2D eigenvalue weighted by atomic mass is 9.94. The molecule has 1 atom stereocenters. The molecule has 1 fully saturated rings. The fraction of sp³-hybridized carbons (Fsp3) is 0.533. The first kappa shape index (κ1) is 14.8. The molecule has 22 heavy (non-hydrogen) atoms.